The molecule has 0 N–H and O–H groups in total. The van der Waals surface area contributed by atoms with Crippen LogP contribution in [0.3, 0.4) is 0 Å². The lowest BCUT2D eigenvalue weighted by molar-refractivity contribution is 0.864. The molecule has 0 bridgehead atoms. The maximum absolute atomic E-state index is 4.68. The van der Waals surface area contributed by atoms with Crippen LogP contribution in [0.1, 0.15) is 51.7 Å². The zero-order chi connectivity index (χ0) is 12.3. The molecule has 0 fully saturated rings. The van der Waals surface area contributed by atoms with Crippen molar-refractivity contribution in [1.29, 1.82) is 0 Å². The van der Waals surface area contributed by atoms with Crippen molar-refractivity contribution in [2.75, 3.05) is 0 Å². The van der Waals surface area contributed by atoms with E-state index in [-0.39, 0.29) is 0 Å². The molecular weight excluding hydrogens is 194 g/mol. The maximum atomic E-state index is 4.68. The molecule has 0 saturated heterocycles. The fourth-order valence-electron chi connectivity index (χ4n) is 1.48. The standard InChI is InChI=1S/C15H23N/c1-10(2)13(6)16-15-8-7-14(11(3)4)9-12(15)5/h7-11H,1-6H3/b16-13+. The Bertz CT molecular complexity index is 386. The minimum atomic E-state index is 0.518. The quantitative estimate of drug-likeness (QED) is 0.641. The van der Waals surface area contributed by atoms with Crippen LogP contribution in [0.2, 0.25) is 0 Å². The Morgan fingerprint density at radius 2 is 1.75 bits per heavy atom. The number of benzene rings is 1. The normalized spacial score (nSPS) is 12.6. The molecule has 1 heteroatoms. The fraction of sp³-hybridized carbons (Fsp3) is 0.533. The molecule has 1 aromatic carbocycles. The molecule has 0 aliphatic carbocycles. The second kappa shape index (κ2) is 5.29. The van der Waals surface area contributed by atoms with Gasteiger partial charge in [0.1, 0.15) is 0 Å². The second-order valence-corrected chi connectivity index (χ2v) is 5.11. The van der Waals surface area contributed by atoms with Gasteiger partial charge in [-0.3, -0.25) is 4.99 Å². The van der Waals surface area contributed by atoms with Gasteiger partial charge in [-0.05, 0) is 42.9 Å². The van der Waals surface area contributed by atoms with Crippen LogP contribution in [-0.4, -0.2) is 5.71 Å². The number of aliphatic imine (C=N–C) groups is 1. The highest BCUT2D eigenvalue weighted by molar-refractivity contribution is 5.86. The fourth-order valence-corrected chi connectivity index (χ4v) is 1.48. The van der Waals surface area contributed by atoms with Crippen molar-refractivity contribution < 1.29 is 0 Å². The minimum Gasteiger partial charge on any atom is -0.258 e. The van der Waals surface area contributed by atoms with Crippen LogP contribution in [0, 0.1) is 12.8 Å². The Balaban J connectivity index is 3.05. The van der Waals surface area contributed by atoms with E-state index in [1.54, 1.807) is 0 Å². The van der Waals surface area contributed by atoms with Gasteiger partial charge in [0.05, 0.1) is 5.69 Å². The van der Waals surface area contributed by atoms with E-state index >= 15 is 0 Å². The molecule has 88 valence electrons. The Morgan fingerprint density at radius 1 is 1.12 bits per heavy atom. The van der Waals surface area contributed by atoms with Gasteiger partial charge in [-0.25, -0.2) is 0 Å². The predicted molar refractivity (Wildman–Crippen MR) is 72.9 cm³/mol. The first-order valence-corrected chi connectivity index (χ1v) is 6.07. The maximum Gasteiger partial charge on any atom is 0.0658 e. The highest BCUT2D eigenvalue weighted by atomic mass is 14.7. The summed E-state index contributed by atoms with van der Waals surface area (Å²) in [5.41, 5.74) is 4.96. The summed E-state index contributed by atoms with van der Waals surface area (Å²) in [5, 5.41) is 0. The van der Waals surface area contributed by atoms with Crippen molar-refractivity contribution in [2.45, 2.75) is 47.5 Å². The van der Waals surface area contributed by atoms with E-state index in [0.29, 0.717) is 11.8 Å². The third-order valence-electron chi connectivity index (χ3n) is 3.02. The monoisotopic (exact) mass is 217 g/mol. The highest BCUT2D eigenvalue weighted by Gasteiger charge is 2.04. The largest absolute Gasteiger partial charge is 0.258 e. The number of aryl methyl sites for hydroxylation is 1. The van der Waals surface area contributed by atoms with E-state index in [9.17, 15) is 0 Å². The van der Waals surface area contributed by atoms with Crippen LogP contribution < -0.4 is 0 Å². The van der Waals surface area contributed by atoms with Crippen LogP contribution in [0.4, 0.5) is 5.69 Å². The van der Waals surface area contributed by atoms with Gasteiger partial charge >= 0.3 is 0 Å². The van der Waals surface area contributed by atoms with Gasteiger partial charge in [0.25, 0.3) is 0 Å². The smallest absolute Gasteiger partial charge is 0.0658 e. The van der Waals surface area contributed by atoms with Gasteiger partial charge in [-0.2, -0.15) is 0 Å². The van der Waals surface area contributed by atoms with Gasteiger partial charge in [-0.1, -0.05) is 39.8 Å². The van der Waals surface area contributed by atoms with Crippen molar-refractivity contribution in [3.05, 3.63) is 29.3 Å². The molecule has 0 heterocycles. The van der Waals surface area contributed by atoms with Crippen molar-refractivity contribution in [3.8, 4) is 0 Å². The van der Waals surface area contributed by atoms with Crippen molar-refractivity contribution in [1.82, 2.24) is 0 Å². The lowest BCUT2D eigenvalue weighted by atomic mass is 10.0. The zero-order valence-corrected chi connectivity index (χ0v) is 11.3. The molecule has 1 aromatic rings. The molecule has 0 aliphatic rings. The van der Waals surface area contributed by atoms with E-state index < -0.39 is 0 Å². The van der Waals surface area contributed by atoms with Crippen LogP contribution in [0.5, 0.6) is 0 Å². The minimum absolute atomic E-state index is 0.518. The number of nitrogens with zero attached hydrogens (tertiary/aromatic N) is 1. The summed E-state index contributed by atoms with van der Waals surface area (Å²) in [4.78, 5) is 4.68. The first-order valence-electron chi connectivity index (χ1n) is 6.07. The van der Waals surface area contributed by atoms with E-state index in [1.165, 1.54) is 16.8 Å². The first kappa shape index (κ1) is 13.0. The molecule has 0 spiro atoms. The molecule has 1 rings (SSSR count). The topological polar surface area (TPSA) is 12.4 Å². The number of hydrogen-bond acceptors (Lipinski definition) is 1. The van der Waals surface area contributed by atoms with Crippen LogP contribution in [0.15, 0.2) is 23.2 Å². The molecule has 0 aliphatic heterocycles. The molecule has 0 aromatic heterocycles. The van der Waals surface area contributed by atoms with Crippen LogP contribution in [0.25, 0.3) is 0 Å². The summed E-state index contributed by atoms with van der Waals surface area (Å²) in [6.45, 7) is 13.0. The Labute approximate surface area is 99.6 Å². The molecule has 0 unspecified atom stereocenters. The molecule has 0 radical (unpaired) electrons. The molecule has 0 saturated carbocycles. The highest BCUT2D eigenvalue weighted by Crippen LogP contribution is 2.24. The number of rotatable bonds is 3. The SMILES string of the molecule is C/C(=N\c1ccc(C(C)C)cc1C)C(C)C. The number of hydrogen-bond donors (Lipinski definition) is 0. The summed E-state index contributed by atoms with van der Waals surface area (Å²) in [5.74, 6) is 1.10. The summed E-state index contributed by atoms with van der Waals surface area (Å²) in [7, 11) is 0. The first-order chi connectivity index (χ1) is 7.41. The van der Waals surface area contributed by atoms with Gasteiger partial charge < -0.3 is 0 Å². The summed E-state index contributed by atoms with van der Waals surface area (Å²) in [6, 6.07) is 6.57. The van der Waals surface area contributed by atoms with E-state index in [2.05, 4.69) is 64.7 Å². The molecule has 1 nitrogen and oxygen atoms in total. The summed E-state index contributed by atoms with van der Waals surface area (Å²) < 4.78 is 0. The molecule has 0 atom stereocenters. The van der Waals surface area contributed by atoms with E-state index in [4.69, 9.17) is 0 Å². The lowest BCUT2D eigenvalue weighted by Crippen LogP contribution is -2.01. The summed E-state index contributed by atoms with van der Waals surface area (Å²) in [6.07, 6.45) is 0. The van der Waals surface area contributed by atoms with Crippen molar-refractivity contribution in [3.63, 3.8) is 0 Å². The second-order valence-electron chi connectivity index (χ2n) is 5.11. The third kappa shape index (κ3) is 3.19. The van der Waals surface area contributed by atoms with Gasteiger partial charge in [-0.15, -0.1) is 0 Å². The molecular formula is C15H23N. The van der Waals surface area contributed by atoms with Gasteiger partial charge in [0.2, 0.25) is 0 Å². The van der Waals surface area contributed by atoms with Crippen molar-refractivity contribution >= 4 is 11.4 Å². The van der Waals surface area contributed by atoms with E-state index in [0.717, 1.165) is 5.69 Å². The third-order valence-corrected chi connectivity index (χ3v) is 3.02. The Kier molecular flexibility index (Phi) is 4.28. The summed E-state index contributed by atoms with van der Waals surface area (Å²) >= 11 is 0. The van der Waals surface area contributed by atoms with Crippen LogP contribution in [-0.2, 0) is 0 Å². The van der Waals surface area contributed by atoms with Gasteiger partial charge in [0, 0.05) is 5.71 Å². The zero-order valence-electron chi connectivity index (χ0n) is 11.3. The Morgan fingerprint density at radius 3 is 2.19 bits per heavy atom. The molecule has 16 heavy (non-hydrogen) atoms. The van der Waals surface area contributed by atoms with Gasteiger partial charge in [0.15, 0.2) is 0 Å². The average molecular weight is 217 g/mol. The predicted octanol–water partition coefficient (Wildman–Crippen LogP) is 4.87. The Hall–Kier alpha value is -1.11. The lowest BCUT2D eigenvalue weighted by Gasteiger charge is -2.10. The van der Waals surface area contributed by atoms with E-state index in [1.807, 2.05) is 0 Å². The molecule has 0 amide bonds. The average Bonchev–Trinajstić information content (AvgIpc) is 2.20. The van der Waals surface area contributed by atoms with Crippen LogP contribution >= 0.6 is 0 Å². The van der Waals surface area contributed by atoms with Crippen molar-refractivity contribution in [2.24, 2.45) is 10.9 Å².